The highest BCUT2D eigenvalue weighted by atomic mass is 35.5. The zero-order valence-electron chi connectivity index (χ0n) is 10.4. The van der Waals surface area contributed by atoms with Gasteiger partial charge in [-0.1, -0.05) is 24.8 Å². The maximum atomic E-state index is 11.0. The zero-order valence-corrected chi connectivity index (χ0v) is 11.1. The number of benzene rings is 1. The highest BCUT2D eigenvalue weighted by Crippen LogP contribution is 2.29. The van der Waals surface area contributed by atoms with Gasteiger partial charge in [0.05, 0.1) is 0 Å². The van der Waals surface area contributed by atoms with Gasteiger partial charge in [0, 0.05) is 6.92 Å². The number of rotatable bonds is 6. The maximum absolute atomic E-state index is 11.0. The summed E-state index contributed by atoms with van der Waals surface area (Å²) >= 11 is 5.21. The average molecular weight is 281 g/mol. The molecular formula is C14H13ClO4. The van der Waals surface area contributed by atoms with Gasteiger partial charge in [0.1, 0.15) is 6.61 Å². The molecule has 19 heavy (non-hydrogen) atoms. The van der Waals surface area contributed by atoms with Crippen molar-refractivity contribution in [1.29, 1.82) is 0 Å². The van der Waals surface area contributed by atoms with Crippen LogP contribution < -0.4 is 9.47 Å². The molecule has 1 aromatic rings. The average Bonchev–Trinajstić information content (AvgIpc) is 2.35. The van der Waals surface area contributed by atoms with Crippen molar-refractivity contribution in [3.63, 3.8) is 0 Å². The first-order valence-corrected chi connectivity index (χ1v) is 5.84. The first-order chi connectivity index (χ1) is 9.02. The molecule has 0 amide bonds. The first kappa shape index (κ1) is 15.0. The van der Waals surface area contributed by atoms with Crippen molar-refractivity contribution in [3.05, 3.63) is 42.5 Å². The van der Waals surface area contributed by atoms with E-state index in [9.17, 15) is 9.59 Å². The Balaban J connectivity index is 3.02. The van der Waals surface area contributed by atoms with E-state index >= 15 is 0 Å². The normalized spacial score (nSPS) is 10.2. The highest BCUT2D eigenvalue weighted by molar-refractivity contribution is 6.66. The fourth-order valence-electron chi connectivity index (χ4n) is 1.29. The SMILES string of the molecule is C=CCOc1cc(/C=C/C(=O)Cl)ccc1OC(C)=O. The smallest absolute Gasteiger partial charge is 0.308 e. The number of ether oxygens (including phenoxy) is 2. The van der Waals surface area contributed by atoms with Crippen LogP contribution >= 0.6 is 11.6 Å². The van der Waals surface area contributed by atoms with E-state index in [1.54, 1.807) is 24.3 Å². The lowest BCUT2D eigenvalue weighted by molar-refractivity contribution is -0.132. The molecule has 0 aliphatic rings. The van der Waals surface area contributed by atoms with Crippen LogP contribution in [0.25, 0.3) is 6.08 Å². The summed E-state index contributed by atoms with van der Waals surface area (Å²) in [5.41, 5.74) is 0.698. The summed E-state index contributed by atoms with van der Waals surface area (Å²) in [5.74, 6) is 0.255. The number of carbonyl (C=O) groups excluding carboxylic acids is 2. The molecule has 0 radical (unpaired) electrons. The van der Waals surface area contributed by atoms with Gasteiger partial charge in [-0.25, -0.2) is 0 Å². The third-order valence-electron chi connectivity index (χ3n) is 1.98. The van der Waals surface area contributed by atoms with E-state index < -0.39 is 11.2 Å². The Kier molecular flexibility index (Phi) is 5.82. The minimum Gasteiger partial charge on any atom is -0.486 e. The van der Waals surface area contributed by atoms with E-state index in [-0.39, 0.29) is 6.61 Å². The van der Waals surface area contributed by atoms with Crippen LogP contribution in [0.3, 0.4) is 0 Å². The Morgan fingerprint density at radius 1 is 1.37 bits per heavy atom. The Morgan fingerprint density at radius 3 is 2.68 bits per heavy atom. The number of hydrogen-bond donors (Lipinski definition) is 0. The summed E-state index contributed by atoms with van der Waals surface area (Å²) in [5, 5.41) is -0.572. The summed E-state index contributed by atoms with van der Waals surface area (Å²) in [6.07, 6.45) is 4.33. The number of allylic oxidation sites excluding steroid dienone is 1. The second-order valence-electron chi connectivity index (χ2n) is 3.54. The molecule has 100 valence electrons. The number of halogens is 1. The van der Waals surface area contributed by atoms with Crippen molar-refractivity contribution in [2.24, 2.45) is 0 Å². The summed E-state index contributed by atoms with van der Waals surface area (Å²) < 4.78 is 10.4. The topological polar surface area (TPSA) is 52.6 Å². The zero-order chi connectivity index (χ0) is 14.3. The number of carbonyl (C=O) groups is 2. The van der Waals surface area contributed by atoms with Crippen molar-refractivity contribution in [1.82, 2.24) is 0 Å². The second kappa shape index (κ2) is 7.38. The molecule has 1 rings (SSSR count). The molecule has 0 bridgehead atoms. The lowest BCUT2D eigenvalue weighted by Crippen LogP contribution is -2.04. The third-order valence-corrected chi connectivity index (χ3v) is 2.11. The Labute approximate surface area is 116 Å². The van der Waals surface area contributed by atoms with Crippen LogP contribution in [0, 0.1) is 0 Å². The molecule has 1 aromatic carbocycles. The highest BCUT2D eigenvalue weighted by Gasteiger charge is 2.08. The van der Waals surface area contributed by atoms with Gasteiger partial charge >= 0.3 is 5.97 Å². The van der Waals surface area contributed by atoms with Gasteiger partial charge in [0.25, 0.3) is 0 Å². The van der Waals surface area contributed by atoms with Crippen molar-refractivity contribution in [2.75, 3.05) is 6.61 Å². The van der Waals surface area contributed by atoms with E-state index in [2.05, 4.69) is 6.58 Å². The van der Waals surface area contributed by atoms with Gasteiger partial charge in [0.2, 0.25) is 5.24 Å². The minimum atomic E-state index is -0.572. The molecule has 5 heteroatoms. The van der Waals surface area contributed by atoms with E-state index in [0.717, 1.165) is 0 Å². The molecule has 0 aliphatic heterocycles. The molecule has 0 heterocycles. The summed E-state index contributed by atoms with van der Waals surface area (Å²) in [6.45, 7) is 5.12. The van der Waals surface area contributed by atoms with E-state index in [1.165, 1.54) is 19.1 Å². The molecule has 0 unspecified atom stereocenters. The molecule has 4 nitrogen and oxygen atoms in total. The molecule has 0 saturated carbocycles. The number of esters is 1. The summed E-state index contributed by atoms with van der Waals surface area (Å²) in [6, 6.07) is 4.89. The number of hydrogen-bond acceptors (Lipinski definition) is 4. The first-order valence-electron chi connectivity index (χ1n) is 5.46. The molecule has 0 spiro atoms. The fraction of sp³-hybridized carbons (Fsp3) is 0.143. The van der Waals surface area contributed by atoms with Crippen LogP contribution in [-0.4, -0.2) is 17.8 Å². The largest absolute Gasteiger partial charge is 0.486 e. The maximum Gasteiger partial charge on any atom is 0.308 e. The lowest BCUT2D eigenvalue weighted by atomic mass is 10.2. The van der Waals surface area contributed by atoms with Crippen molar-refractivity contribution < 1.29 is 19.1 Å². The van der Waals surface area contributed by atoms with Crippen LogP contribution in [0.1, 0.15) is 12.5 Å². The van der Waals surface area contributed by atoms with Crippen molar-refractivity contribution in [3.8, 4) is 11.5 Å². The van der Waals surface area contributed by atoms with Crippen LogP contribution in [0.15, 0.2) is 36.9 Å². The van der Waals surface area contributed by atoms with E-state index in [4.69, 9.17) is 21.1 Å². The molecule has 0 saturated heterocycles. The van der Waals surface area contributed by atoms with Gasteiger partial charge in [-0.15, -0.1) is 0 Å². The molecule has 0 atom stereocenters. The Bertz CT molecular complexity index is 520. The summed E-state index contributed by atoms with van der Waals surface area (Å²) in [7, 11) is 0. The Morgan fingerprint density at radius 2 is 2.11 bits per heavy atom. The quantitative estimate of drug-likeness (QED) is 0.264. The standard InChI is InChI=1S/C14H13ClO4/c1-3-8-18-13-9-11(5-7-14(15)17)4-6-12(13)19-10(2)16/h3-7,9H,1,8H2,2H3/b7-5+. The van der Waals surface area contributed by atoms with Crippen LogP contribution in [0.4, 0.5) is 0 Å². The van der Waals surface area contributed by atoms with Gasteiger partial charge in [-0.2, -0.15) is 0 Å². The van der Waals surface area contributed by atoms with Gasteiger partial charge < -0.3 is 9.47 Å². The molecule has 0 aromatic heterocycles. The molecule has 0 aliphatic carbocycles. The second-order valence-corrected chi connectivity index (χ2v) is 3.91. The predicted octanol–water partition coefficient (Wildman–Crippen LogP) is 2.96. The lowest BCUT2D eigenvalue weighted by Gasteiger charge is -2.10. The van der Waals surface area contributed by atoms with Crippen molar-refractivity contribution >= 4 is 28.9 Å². The predicted molar refractivity (Wildman–Crippen MR) is 73.3 cm³/mol. The van der Waals surface area contributed by atoms with Crippen LogP contribution in [0.2, 0.25) is 0 Å². The van der Waals surface area contributed by atoms with Gasteiger partial charge in [-0.05, 0) is 35.4 Å². The van der Waals surface area contributed by atoms with E-state index in [0.29, 0.717) is 17.1 Å². The molecule has 0 fully saturated rings. The molecular weight excluding hydrogens is 268 g/mol. The van der Waals surface area contributed by atoms with Crippen molar-refractivity contribution in [2.45, 2.75) is 6.92 Å². The van der Waals surface area contributed by atoms with Gasteiger partial charge in [0.15, 0.2) is 11.5 Å². The fourth-order valence-corrected chi connectivity index (χ4v) is 1.35. The monoisotopic (exact) mass is 280 g/mol. The van der Waals surface area contributed by atoms with Crippen LogP contribution in [0.5, 0.6) is 11.5 Å². The minimum absolute atomic E-state index is 0.274. The van der Waals surface area contributed by atoms with Gasteiger partial charge in [-0.3, -0.25) is 9.59 Å². The van der Waals surface area contributed by atoms with E-state index in [1.807, 2.05) is 0 Å². The van der Waals surface area contributed by atoms with Crippen LogP contribution in [-0.2, 0) is 9.59 Å². The molecule has 0 N–H and O–H groups in total. The third kappa shape index (κ3) is 5.40. The Hall–Kier alpha value is -2.07. The summed E-state index contributed by atoms with van der Waals surface area (Å²) in [4.78, 5) is 21.6.